The van der Waals surface area contributed by atoms with Crippen LogP contribution in [-0.2, 0) is 9.53 Å². The minimum absolute atomic E-state index is 0.0219. The molecule has 7 nitrogen and oxygen atoms in total. The van der Waals surface area contributed by atoms with E-state index in [2.05, 4.69) is 28.6 Å². The van der Waals surface area contributed by atoms with Gasteiger partial charge in [-0.25, -0.2) is 4.98 Å². The van der Waals surface area contributed by atoms with Crippen LogP contribution in [0.15, 0.2) is 18.3 Å². The molecular weight excluding hydrogens is 368 g/mol. The summed E-state index contributed by atoms with van der Waals surface area (Å²) in [5, 5.41) is 0. The van der Waals surface area contributed by atoms with Crippen LogP contribution in [0.3, 0.4) is 0 Å². The van der Waals surface area contributed by atoms with Crippen molar-refractivity contribution in [3.05, 3.63) is 23.9 Å². The van der Waals surface area contributed by atoms with Crippen LogP contribution in [0.4, 0.5) is 5.82 Å². The Bertz CT molecular complexity index is 743. The van der Waals surface area contributed by atoms with E-state index in [1.54, 1.807) is 6.20 Å². The smallest absolute Gasteiger partial charge is 0.257 e. The maximum absolute atomic E-state index is 13.5. The summed E-state index contributed by atoms with van der Waals surface area (Å²) < 4.78 is 5.45. The Morgan fingerprint density at radius 3 is 2.69 bits per heavy atom. The number of carbonyl (C=O) groups is 2. The Hall–Kier alpha value is -2.15. The highest BCUT2D eigenvalue weighted by Gasteiger charge is 2.37. The Labute approximate surface area is 173 Å². The molecule has 0 N–H and O–H groups in total. The first kappa shape index (κ1) is 20.1. The molecular formula is C22H32N4O3. The molecule has 0 unspecified atom stereocenters. The molecule has 2 amide bonds. The van der Waals surface area contributed by atoms with Crippen molar-refractivity contribution < 1.29 is 14.3 Å². The van der Waals surface area contributed by atoms with Gasteiger partial charge in [-0.05, 0) is 36.8 Å². The van der Waals surface area contributed by atoms with Gasteiger partial charge in [0.2, 0.25) is 5.91 Å². The van der Waals surface area contributed by atoms with Crippen molar-refractivity contribution in [1.29, 1.82) is 0 Å². The lowest BCUT2D eigenvalue weighted by atomic mass is 10.0. The van der Waals surface area contributed by atoms with E-state index in [0.29, 0.717) is 50.1 Å². The van der Waals surface area contributed by atoms with Crippen LogP contribution in [0.1, 0.15) is 43.5 Å². The van der Waals surface area contributed by atoms with E-state index >= 15 is 0 Å². The molecule has 0 spiro atoms. The molecule has 2 saturated heterocycles. The number of amides is 2. The normalized spacial score (nSPS) is 23.5. The summed E-state index contributed by atoms with van der Waals surface area (Å²) in [4.78, 5) is 37.0. The summed E-state index contributed by atoms with van der Waals surface area (Å²) in [7, 11) is 0. The molecule has 158 valence electrons. The quantitative estimate of drug-likeness (QED) is 0.757. The predicted molar refractivity (Wildman–Crippen MR) is 111 cm³/mol. The van der Waals surface area contributed by atoms with E-state index in [-0.39, 0.29) is 17.9 Å². The van der Waals surface area contributed by atoms with Gasteiger partial charge in [-0.15, -0.1) is 0 Å². The maximum atomic E-state index is 13.5. The molecule has 1 aliphatic carbocycles. The molecule has 0 aromatic carbocycles. The zero-order valence-corrected chi connectivity index (χ0v) is 17.5. The van der Waals surface area contributed by atoms with Crippen LogP contribution in [0, 0.1) is 11.8 Å². The Morgan fingerprint density at radius 1 is 1.24 bits per heavy atom. The largest absolute Gasteiger partial charge is 0.378 e. The lowest BCUT2D eigenvalue weighted by Gasteiger charge is -2.35. The van der Waals surface area contributed by atoms with Gasteiger partial charge in [0, 0.05) is 45.3 Å². The molecule has 2 aliphatic heterocycles. The van der Waals surface area contributed by atoms with Crippen molar-refractivity contribution in [1.82, 2.24) is 14.8 Å². The van der Waals surface area contributed by atoms with Gasteiger partial charge in [0.05, 0.1) is 24.8 Å². The van der Waals surface area contributed by atoms with Crippen molar-refractivity contribution >= 4 is 17.6 Å². The number of nitrogens with zero attached hydrogens (tertiary/aromatic N) is 4. The number of rotatable bonds is 5. The number of pyridine rings is 1. The second-order valence-electron chi connectivity index (χ2n) is 8.78. The van der Waals surface area contributed by atoms with Gasteiger partial charge in [0.15, 0.2) is 0 Å². The highest BCUT2D eigenvalue weighted by molar-refractivity contribution is 5.99. The monoisotopic (exact) mass is 400 g/mol. The fourth-order valence-electron chi connectivity index (χ4n) is 4.31. The first-order valence-electron chi connectivity index (χ1n) is 10.9. The number of ether oxygens (including phenoxy) is 1. The van der Waals surface area contributed by atoms with Crippen molar-refractivity contribution in [2.24, 2.45) is 11.8 Å². The van der Waals surface area contributed by atoms with E-state index in [4.69, 9.17) is 4.74 Å². The molecule has 0 bridgehead atoms. The van der Waals surface area contributed by atoms with Gasteiger partial charge < -0.3 is 19.4 Å². The summed E-state index contributed by atoms with van der Waals surface area (Å²) in [6, 6.07) is 3.75. The first-order chi connectivity index (χ1) is 14.0. The Balaban J connectivity index is 1.56. The van der Waals surface area contributed by atoms with Crippen LogP contribution in [0.25, 0.3) is 0 Å². The molecule has 3 aliphatic rings. The third-order valence-corrected chi connectivity index (χ3v) is 6.26. The first-order valence-corrected chi connectivity index (χ1v) is 10.9. The molecule has 1 aromatic heterocycles. The van der Waals surface area contributed by atoms with Crippen molar-refractivity contribution in [2.45, 2.75) is 39.2 Å². The summed E-state index contributed by atoms with van der Waals surface area (Å²) in [6.45, 7) is 8.96. The maximum Gasteiger partial charge on any atom is 0.257 e. The zero-order valence-electron chi connectivity index (χ0n) is 17.5. The topological polar surface area (TPSA) is 66.0 Å². The fraction of sp³-hybridized carbons (Fsp3) is 0.682. The van der Waals surface area contributed by atoms with Gasteiger partial charge in [0.1, 0.15) is 5.82 Å². The van der Waals surface area contributed by atoms with Gasteiger partial charge >= 0.3 is 0 Å². The number of hydrogen-bond donors (Lipinski definition) is 0. The highest BCUT2D eigenvalue weighted by Crippen LogP contribution is 2.32. The molecule has 29 heavy (non-hydrogen) atoms. The molecule has 7 heteroatoms. The number of carbonyl (C=O) groups excluding carboxylic acids is 2. The second-order valence-corrected chi connectivity index (χ2v) is 8.78. The molecule has 4 rings (SSSR count). The number of anilines is 1. The van der Waals surface area contributed by atoms with E-state index < -0.39 is 0 Å². The van der Waals surface area contributed by atoms with Crippen LogP contribution in [0.2, 0.25) is 0 Å². The minimum Gasteiger partial charge on any atom is -0.378 e. The van der Waals surface area contributed by atoms with Crippen LogP contribution in [-0.4, -0.2) is 78.6 Å². The number of morpholine rings is 1. The second kappa shape index (κ2) is 8.69. The molecule has 1 atom stereocenters. The van der Waals surface area contributed by atoms with Gasteiger partial charge in [-0.1, -0.05) is 13.8 Å². The summed E-state index contributed by atoms with van der Waals surface area (Å²) >= 11 is 0. The Kier molecular flexibility index (Phi) is 6.04. The molecule has 3 fully saturated rings. The number of aromatic nitrogens is 1. The Morgan fingerprint density at radius 2 is 2.00 bits per heavy atom. The van der Waals surface area contributed by atoms with Crippen molar-refractivity contribution in [3.63, 3.8) is 0 Å². The van der Waals surface area contributed by atoms with Crippen molar-refractivity contribution in [3.8, 4) is 0 Å². The van der Waals surface area contributed by atoms with Gasteiger partial charge in [-0.3, -0.25) is 9.59 Å². The van der Waals surface area contributed by atoms with Crippen LogP contribution in [0.5, 0.6) is 0 Å². The van der Waals surface area contributed by atoms with E-state index in [1.165, 1.54) is 12.8 Å². The summed E-state index contributed by atoms with van der Waals surface area (Å²) in [5.74, 6) is 1.84. The average molecular weight is 401 g/mol. The average Bonchev–Trinajstić information content (AvgIpc) is 3.57. The third-order valence-electron chi connectivity index (χ3n) is 6.26. The molecule has 0 radical (unpaired) electrons. The third kappa shape index (κ3) is 4.55. The lowest BCUT2D eigenvalue weighted by molar-refractivity contribution is -0.133. The number of hydrogen-bond acceptors (Lipinski definition) is 5. The van der Waals surface area contributed by atoms with E-state index in [1.807, 2.05) is 17.0 Å². The fourth-order valence-corrected chi connectivity index (χ4v) is 4.31. The minimum atomic E-state index is -0.0219. The molecule has 3 heterocycles. The van der Waals surface area contributed by atoms with Crippen LogP contribution < -0.4 is 4.90 Å². The molecule has 1 saturated carbocycles. The SMILES string of the molecule is CC(C)[C@@H]1CN(C(=O)c2cccnc2N2CCOCC2)CCC(=O)N1CC1CC1. The van der Waals surface area contributed by atoms with E-state index in [0.717, 1.165) is 25.5 Å². The van der Waals surface area contributed by atoms with Gasteiger partial charge in [0.25, 0.3) is 5.91 Å². The highest BCUT2D eigenvalue weighted by atomic mass is 16.5. The van der Waals surface area contributed by atoms with E-state index in [9.17, 15) is 9.59 Å². The molecule has 1 aromatic rings. The van der Waals surface area contributed by atoms with Gasteiger partial charge in [-0.2, -0.15) is 0 Å². The summed E-state index contributed by atoms with van der Waals surface area (Å²) in [5.41, 5.74) is 0.625. The standard InChI is InChI=1S/C22H32N4O3/c1-16(2)19-15-25(9-7-20(27)26(19)14-17-5-6-17)22(28)18-4-3-8-23-21(18)24-10-12-29-13-11-24/h3-4,8,16-17,19H,5-7,9-15H2,1-2H3/t19-/m0/s1. The van der Waals surface area contributed by atoms with Crippen molar-refractivity contribution in [2.75, 3.05) is 50.8 Å². The van der Waals surface area contributed by atoms with Crippen LogP contribution >= 0.6 is 0 Å². The predicted octanol–water partition coefficient (Wildman–Crippen LogP) is 2.03. The zero-order chi connectivity index (χ0) is 20.4. The summed E-state index contributed by atoms with van der Waals surface area (Å²) in [6.07, 6.45) is 4.57. The lowest BCUT2D eigenvalue weighted by Crippen LogP contribution is -2.48.